The molecule has 7 heteroatoms. The van der Waals surface area contributed by atoms with E-state index in [0.29, 0.717) is 5.76 Å². The molecule has 0 fully saturated rings. The third-order valence-corrected chi connectivity index (χ3v) is 5.55. The Balaban J connectivity index is 1.78. The first-order valence-electron chi connectivity index (χ1n) is 9.97. The normalized spacial score (nSPS) is 17.6. The molecule has 0 saturated carbocycles. The van der Waals surface area contributed by atoms with Gasteiger partial charge in [0, 0.05) is 6.54 Å². The number of carbonyl (C=O) groups is 2. The summed E-state index contributed by atoms with van der Waals surface area (Å²) in [7, 11) is 3.77. The van der Waals surface area contributed by atoms with Crippen LogP contribution in [-0.2, 0) is 4.79 Å². The number of likely N-dealkylation sites (N-methyl/N-ethyl adjacent to an activating group) is 1. The van der Waals surface area contributed by atoms with Crippen molar-refractivity contribution in [2.45, 2.75) is 19.0 Å². The maximum absolute atomic E-state index is 13.2. The molecule has 1 N–H and O–H groups in total. The highest BCUT2D eigenvalue weighted by Gasteiger charge is 2.45. The Morgan fingerprint density at radius 1 is 1.10 bits per heavy atom. The van der Waals surface area contributed by atoms with Crippen LogP contribution in [0.3, 0.4) is 0 Å². The monoisotopic (exact) mass is 420 g/mol. The second kappa shape index (κ2) is 8.28. The highest BCUT2D eigenvalue weighted by Crippen LogP contribution is 2.40. The number of Topliss-reactive ketones (excluding diaryl/α,β-unsaturated/α-hetero) is 1. The Labute approximate surface area is 180 Å². The lowest BCUT2D eigenvalue weighted by atomic mass is 9.94. The molecule has 3 heterocycles. The number of rotatable bonds is 7. The average Bonchev–Trinajstić information content (AvgIpc) is 3.50. The highest BCUT2D eigenvalue weighted by atomic mass is 16.3. The summed E-state index contributed by atoms with van der Waals surface area (Å²) in [5.74, 6) is -0.902. The van der Waals surface area contributed by atoms with Gasteiger partial charge in [0.2, 0.25) is 5.78 Å². The Morgan fingerprint density at radius 3 is 2.35 bits per heavy atom. The van der Waals surface area contributed by atoms with E-state index in [-0.39, 0.29) is 23.9 Å². The van der Waals surface area contributed by atoms with Crippen LogP contribution in [0, 0.1) is 6.92 Å². The number of furan rings is 2. The van der Waals surface area contributed by atoms with E-state index in [2.05, 4.69) is 0 Å². The van der Waals surface area contributed by atoms with Gasteiger partial charge < -0.3 is 18.8 Å². The minimum absolute atomic E-state index is 0.0146. The molecule has 1 amide bonds. The molecule has 1 aliphatic rings. The van der Waals surface area contributed by atoms with Crippen LogP contribution in [0.25, 0.3) is 0 Å². The fourth-order valence-electron chi connectivity index (χ4n) is 3.88. The van der Waals surface area contributed by atoms with E-state index < -0.39 is 23.5 Å². The van der Waals surface area contributed by atoms with E-state index >= 15 is 0 Å². The van der Waals surface area contributed by atoms with Crippen molar-refractivity contribution < 1.29 is 23.5 Å². The van der Waals surface area contributed by atoms with Crippen molar-refractivity contribution in [2.24, 2.45) is 0 Å². The summed E-state index contributed by atoms with van der Waals surface area (Å²) in [5.41, 5.74) is 1.80. The first-order chi connectivity index (χ1) is 14.9. The van der Waals surface area contributed by atoms with E-state index in [1.54, 1.807) is 18.4 Å². The van der Waals surface area contributed by atoms with Gasteiger partial charge in [-0.3, -0.25) is 14.5 Å². The van der Waals surface area contributed by atoms with Crippen LogP contribution >= 0.6 is 0 Å². The molecule has 0 radical (unpaired) electrons. The fraction of sp³-hybridized carbons (Fsp3) is 0.250. The van der Waals surface area contributed by atoms with Crippen molar-refractivity contribution >= 4 is 11.7 Å². The van der Waals surface area contributed by atoms with E-state index in [9.17, 15) is 14.7 Å². The van der Waals surface area contributed by atoms with Crippen LogP contribution in [0.5, 0.6) is 0 Å². The zero-order chi connectivity index (χ0) is 22.1. The number of ketones is 1. The van der Waals surface area contributed by atoms with Crippen LogP contribution in [0.15, 0.2) is 81.2 Å². The van der Waals surface area contributed by atoms with E-state index in [4.69, 9.17) is 8.83 Å². The first-order valence-corrected chi connectivity index (χ1v) is 9.97. The number of hydrogen-bond donors (Lipinski definition) is 1. The highest BCUT2D eigenvalue weighted by molar-refractivity contribution is 6.15. The van der Waals surface area contributed by atoms with E-state index in [1.807, 2.05) is 56.3 Å². The van der Waals surface area contributed by atoms with Gasteiger partial charge in [-0.2, -0.15) is 0 Å². The topological polar surface area (TPSA) is 87.1 Å². The number of hydrogen-bond acceptors (Lipinski definition) is 6. The number of aryl methyl sites for hydroxylation is 1. The van der Waals surface area contributed by atoms with E-state index in [1.165, 1.54) is 17.2 Å². The third-order valence-electron chi connectivity index (χ3n) is 5.55. The summed E-state index contributed by atoms with van der Waals surface area (Å²) in [6.45, 7) is 2.18. The molecular formula is C24H24N2O5. The summed E-state index contributed by atoms with van der Waals surface area (Å²) in [4.78, 5) is 29.8. The predicted octanol–water partition coefficient (Wildman–Crippen LogP) is 4.06. The van der Waals surface area contributed by atoms with Crippen molar-refractivity contribution in [3.05, 3.63) is 95.0 Å². The first kappa shape index (κ1) is 20.7. The van der Waals surface area contributed by atoms with Gasteiger partial charge >= 0.3 is 0 Å². The van der Waals surface area contributed by atoms with Crippen LogP contribution in [0.2, 0.25) is 0 Å². The average molecular weight is 420 g/mol. The summed E-state index contributed by atoms with van der Waals surface area (Å²) >= 11 is 0. The molecule has 0 bridgehead atoms. The molecule has 0 saturated heterocycles. The molecular weight excluding hydrogens is 396 g/mol. The van der Waals surface area contributed by atoms with Crippen LogP contribution in [0.4, 0.5) is 0 Å². The molecule has 160 valence electrons. The summed E-state index contributed by atoms with van der Waals surface area (Å²) < 4.78 is 10.8. The van der Waals surface area contributed by atoms with Gasteiger partial charge in [0.15, 0.2) is 11.5 Å². The molecule has 0 aliphatic carbocycles. The van der Waals surface area contributed by atoms with Gasteiger partial charge in [-0.25, -0.2) is 0 Å². The Kier molecular flexibility index (Phi) is 5.52. The lowest BCUT2D eigenvalue weighted by Crippen LogP contribution is -2.38. The predicted molar refractivity (Wildman–Crippen MR) is 113 cm³/mol. The molecule has 0 spiro atoms. The zero-order valence-electron chi connectivity index (χ0n) is 17.6. The fourth-order valence-corrected chi connectivity index (χ4v) is 3.88. The summed E-state index contributed by atoms with van der Waals surface area (Å²) in [6, 6.07) is 13.3. The van der Waals surface area contributed by atoms with Gasteiger partial charge in [-0.1, -0.05) is 29.8 Å². The minimum atomic E-state index is -0.747. The van der Waals surface area contributed by atoms with Gasteiger partial charge in [-0.05, 0) is 50.8 Å². The molecule has 2 aromatic heterocycles. The molecule has 1 aromatic carbocycles. The molecule has 2 atom stereocenters. The maximum Gasteiger partial charge on any atom is 0.290 e. The molecule has 4 rings (SSSR count). The number of aliphatic hydroxyl groups excluding tert-OH is 1. The number of amides is 1. The number of nitrogens with zero attached hydrogens (tertiary/aromatic N) is 2. The van der Waals surface area contributed by atoms with Crippen molar-refractivity contribution in [1.29, 1.82) is 0 Å². The van der Waals surface area contributed by atoms with Crippen LogP contribution in [-0.4, -0.2) is 47.2 Å². The Hall–Kier alpha value is -3.58. The maximum atomic E-state index is 13.2. The molecule has 31 heavy (non-hydrogen) atoms. The van der Waals surface area contributed by atoms with Gasteiger partial charge in [-0.15, -0.1) is 0 Å². The summed E-state index contributed by atoms with van der Waals surface area (Å²) in [5, 5.41) is 10.8. The number of benzene rings is 1. The number of aliphatic hydroxyl groups is 1. The second-order valence-electron chi connectivity index (χ2n) is 7.83. The lowest BCUT2D eigenvalue weighted by molar-refractivity contribution is -0.130. The Morgan fingerprint density at radius 2 is 1.77 bits per heavy atom. The van der Waals surface area contributed by atoms with Crippen LogP contribution in [0.1, 0.15) is 39.5 Å². The van der Waals surface area contributed by atoms with Crippen molar-refractivity contribution in [3.8, 4) is 0 Å². The zero-order valence-corrected chi connectivity index (χ0v) is 17.6. The van der Waals surface area contributed by atoms with Gasteiger partial charge in [0.1, 0.15) is 5.76 Å². The largest absolute Gasteiger partial charge is 0.503 e. The standard InChI is InChI=1S/C24H24N2O5/c1-15-8-10-16(11-9-15)21-20(22(27)19-7-5-13-31-19)23(28)24(29)26(21)14-17(25(2)3)18-6-4-12-30-18/h4-13,17,21,28H,14H2,1-3H3. The van der Waals surface area contributed by atoms with E-state index in [0.717, 1.165) is 11.1 Å². The van der Waals surface area contributed by atoms with Gasteiger partial charge in [0.25, 0.3) is 5.91 Å². The number of carbonyl (C=O) groups excluding carboxylic acids is 2. The van der Waals surface area contributed by atoms with Crippen molar-refractivity contribution in [3.63, 3.8) is 0 Å². The summed E-state index contributed by atoms with van der Waals surface area (Å²) in [6.07, 6.45) is 2.97. The van der Waals surface area contributed by atoms with Crippen LogP contribution < -0.4 is 0 Å². The van der Waals surface area contributed by atoms with Gasteiger partial charge in [0.05, 0.1) is 30.2 Å². The quantitative estimate of drug-likeness (QED) is 0.580. The molecule has 3 aromatic rings. The SMILES string of the molecule is Cc1ccc(C2C(C(=O)c3ccco3)=C(O)C(=O)N2CC(c2ccco2)N(C)C)cc1. The molecule has 1 aliphatic heterocycles. The molecule has 7 nitrogen and oxygen atoms in total. The molecule has 2 unspecified atom stereocenters. The third kappa shape index (κ3) is 3.80. The smallest absolute Gasteiger partial charge is 0.290 e. The van der Waals surface area contributed by atoms with Crippen molar-refractivity contribution in [2.75, 3.05) is 20.6 Å². The Bertz CT molecular complexity index is 1100. The van der Waals surface area contributed by atoms with Crippen molar-refractivity contribution in [1.82, 2.24) is 9.80 Å². The lowest BCUT2D eigenvalue weighted by Gasteiger charge is -2.32. The second-order valence-corrected chi connectivity index (χ2v) is 7.83. The minimum Gasteiger partial charge on any atom is -0.503 e.